The van der Waals surface area contributed by atoms with Gasteiger partial charge in [-0.25, -0.2) is 0 Å². The summed E-state index contributed by atoms with van der Waals surface area (Å²) in [5.41, 5.74) is 0.0920. The van der Waals surface area contributed by atoms with Crippen molar-refractivity contribution in [3.05, 3.63) is 39.1 Å². The Balaban J connectivity index is 3.04. The van der Waals surface area contributed by atoms with Crippen molar-refractivity contribution in [1.82, 2.24) is 0 Å². The van der Waals surface area contributed by atoms with Gasteiger partial charge in [-0.1, -0.05) is 0 Å². The fourth-order valence-electron chi connectivity index (χ4n) is 1.39. The van der Waals surface area contributed by atoms with Gasteiger partial charge in [-0.2, -0.15) is 13.2 Å². The molecule has 0 bridgehead atoms. The van der Waals surface area contributed by atoms with Crippen LogP contribution in [-0.2, 0) is 11.0 Å². The molecule has 0 aromatic heterocycles. The number of allylic oxidation sites excluding steroid dienone is 2. The van der Waals surface area contributed by atoms with Crippen LogP contribution in [0.3, 0.4) is 0 Å². The Labute approximate surface area is 116 Å². The maximum Gasteiger partial charge on any atom is 0.416 e. The summed E-state index contributed by atoms with van der Waals surface area (Å²) in [5, 5.41) is 2.76. The molecule has 0 radical (unpaired) electrons. The number of hydrogen-bond donors (Lipinski definition) is 1. The van der Waals surface area contributed by atoms with Crippen LogP contribution in [0, 0.1) is 3.57 Å². The number of benzene rings is 1. The molecule has 1 aromatic rings. The van der Waals surface area contributed by atoms with E-state index < -0.39 is 11.7 Å². The van der Waals surface area contributed by atoms with E-state index in [0.29, 0.717) is 15.0 Å². The van der Waals surface area contributed by atoms with Gasteiger partial charge in [0, 0.05) is 15.0 Å². The van der Waals surface area contributed by atoms with Gasteiger partial charge in [0.25, 0.3) is 0 Å². The number of nitrogens with one attached hydrogen (secondary N) is 1. The Bertz CT molecular complexity index is 495. The van der Waals surface area contributed by atoms with Crippen LogP contribution in [0.2, 0.25) is 0 Å². The number of carbonyl (C=O) groups is 1. The molecule has 0 spiro atoms. The lowest BCUT2D eigenvalue weighted by atomic mass is 10.2. The van der Waals surface area contributed by atoms with Crippen LogP contribution in [-0.4, -0.2) is 5.78 Å². The summed E-state index contributed by atoms with van der Waals surface area (Å²) in [5.74, 6) is -0.165. The van der Waals surface area contributed by atoms with E-state index in [1.807, 2.05) is 22.6 Å². The summed E-state index contributed by atoms with van der Waals surface area (Å²) in [6.07, 6.45) is -3.05. The number of ketones is 1. The molecule has 0 amide bonds. The van der Waals surface area contributed by atoms with E-state index in [0.717, 1.165) is 12.1 Å². The van der Waals surface area contributed by atoms with Crippen LogP contribution in [0.15, 0.2) is 30.0 Å². The van der Waals surface area contributed by atoms with Gasteiger partial charge in [-0.3, -0.25) is 4.79 Å². The molecule has 98 valence electrons. The van der Waals surface area contributed by atoms with E-state index in [-0.39, 0.29) is 5.78 Å². The summed E-state index contributed by atoms with van der Waals surface area (Å²) in [7, 11) is 0. The molecule has 0 aliphatic carbocycles. The predicted octanol–water partition coefficient (Wildman–Crippen LogP) is 4.21. The highest BCUT2D eigenvalue weighted by molar-refractivity contribution is 14.1. The average Bonchev–Trinajstić information content (AvgIpc) is 2.13. The number of hydrogen-bond acceptors (Lipinski definition) is 2. The Morgan fingerprint density at radius 2 is 1.89 bits per heavy atom. The van der Waals surface area contributed by atoms with E-state index >= 15 is 0 Å². The predicted molar refractivity (Wildman–Crippen MR) is 72.2 cm³/mol. The molecule has 0 fully saturated rings. The van der Waals surface area contributed by atoms with Gasteiger partial charge < -0.3 is 5.32 Å². The van der Waals surface area contributed by atoms with Crippen LogP contribution >= 0.6 is 22.6 Å². The van der Waals surface area contributed by atoms with Gasteiger partial charge in [0.05, 0.1) is 5.56 Å². The molecule has 6 heteroatoms. The maximum atomic E-state index is 12.6. The molecule has 0 atom stereocenters. The number of carbonyl (C=O) groups excluding carboxylic acids is 1. The van der Waals surface area contributed by atoms with Crippen LogP contribution in [0.1, 0.15) is 19.4 Å². The summed E-state index contributed by atoms with van der Waals surface area (Å²) >= 11 is 1.82. The first kappa shape index (κ1) is 15.0. The monoisotopic (exact) mass is 369 g/mol. The molecule has 1 rings (SSSR count). The second-order valence-electron chi connectivity index (χ2n) is 3.79. The SMILES string of the molecule is CC(=O)/C=C(/C)Nc1cc(I)cc(C(F)(F)F)c1. The van der Waals surface area contributed by atoms with Gasteiger partial charge in [0.1, 0.15) is 0 Å². The third kappa shape index (κ3) is 4.67. The molecule has 0 saturated carbocycles. The Morgan fingerprint density at radius 1 is 1.28 bits per heavy atom. The van der Waals surface area contributed by atoms with Gasteiger partial charge in [0.2, 0.25) is 0 Å². The summed E-state index contributed by atoms with van der Waals surface area (Å²) in [6, 6.07) is 3.66. The Kier molecular flexibility index (Phi) is 4.78. The topological polar surface area (TPSA) is 29.1 Å². The van der Waals surface area contributed by atoms with Crippen molar-refractivity contribution >= 4 is 34.1 Å². The van der Waals surface area contributed by atoms with E-state index in [1.54, 1.807) is 13.0 Å². The first-order chi connectivity index (χ1) is 8.18. The van der Waals surface area contributed by atoms with Crippen molar-refractivity contribution in [2.75, 3.05) is 5.32 Å². The lowest BCUT2D eigenvalue weighted by Gasteiger charge is -2.12. The minimum absolute atomic E-state index is 0.165. The summed E-state index contributed by atoms with van der Waals surface area (Å²) in [6.45, 7) is 3.00. The second-order valence-corrected chi connectivity index (χ2v) is 5.03. The van der Waals surface area contributed by atoms with Gasteiger partial charge in [-0.15, -0.1) is 0 Å². The molecule has 0 saturated heterocycles. The third-order valence-electron chi connectivity index (χ3n) is 1.99. The van der Waals surface area contributed by atoms with Crippen molar-refractivity contribution in [2.24, 2.45) is 0 Å². The average molecular weight is 369 g/mol. The van der Waals surface area contributed by atoms with E-state index in [2.05, 4.69) is 5.32 Å². The smallest absolute Gasteiger partial charge is 0.359 e. The molecular weight excluding hydrogens is 358 g/mol. The van der Waals surface area contributed by atoms with Crippen LogP contribution < -0.4 is 5.32 Å². The molecule has 18 heavy (non-hydrogen) atoms. The van der Waals surface area contributed by atoms with Gasteiger partial charge >= 0.3 is 6.18 Å². The molecule has 0 heterocycles. The standard InChI is InChI=1S/C12H11F3INO/c1-7(3-8(2)18)17-11-5-9(12(13,14)15)4-10(16)6-11/h3-6,17H,1-2H3/b7-3-. The third-order valence-corrected chi connectivity index (χ3v) is 2.61. The maximum absolute atomic E-state index is 12.6. The molecule has 2 nitrogen and oxygen atoms in total. The fraction of sp³-hybridized carbons (Fsp3) is 0.250. The number of alkyl halides is 3. The van der Waals surface area contributed by atoms with Gasteiger partial charge in [-0.05, 0) is 60.7 Å². The molecule has 0 aliphatic rings. The van der Waals surface area contributed by atoms with Crippen LogP contribution in [0.25, 0.3) is 0 Å². The van der Waals surface area contributed by atoms with Crippen molar-refractivity contribution < 1.29 is 18.0 Å². The quantitative estimate of drug-likeness (QED) is 0.639. The zero-order chi connectivity index (χ0) is 13.9. The van der Waals surface area contributed by atoms with E-state index in [4.69, 9.17) is 0 Å². The Hall–Kier alpha value is -1.05. The molecule has 1 aromatic carbocycles. The van der Waals surface area contributed by atoms with Crippen LogP contribution in [0.4, 0.5) is 18.9 Å². The van der Waals surface area contributed by atoms with Crippen LogP contribution in [0.5, 0.6) is 0 Å². The molecule has 0 aliphatic heterocycles. The van der Waals surface area contributed by atoms with Crippen molar-refractivity contribution in [3.8, 4) is 0 Å². The normalized spacial score (nSPS) is 12.4. The van der Waals surface area contributed by atoms with Crippen molar-refractivity contribution in [1.29, 1.82) is 0 Å². The fourth-order valence-corrected chi connectivity index (χ4v) is 2.07. The lowest BCUT2D eigenvalue weighted by Crippen LogP contribution is -2.07. The number of halogens is 4. The minimum Gasteiger partial charge on any atom is -0.359 e. The van der Waals surface area contributed by atoms with E-state index in [9.17, 15) is 18.0 Å². The Morgan fingerprint density at radius 3 is 2.39 bits per heavy atom. The zero-order valence-corrected chi connectivity index (χ0v) is 11.9. The zero-order valence-electron chi connectivity index (χ0n) is 9.73. The highest BCUT2D eigenvalue weighted by Crippen LogP contribution is 2.32. The van der Waals surface area contributed by atoms with Gasteiger partial charge in [0.15, 0.2) is 5.78 Å². The highest BCUT2D eigenvalue weighted by Gasteiger charge is 2.31. The summed E-state index contributed by atoms with van der Waals surface area (Å²) in [4.78, 5) is 10.8. The first-order valence-electron chi connectivity index (χ1n) is 5.02. The van der Waals surface area contributed by atoms with E-state index in [1.165, 1.54) is 13.0 Å². The largest absolute Gasteiger partial charge is 0.416 e. The summed E-state index contributed by atoms with van der Waals surface area (Å²) < 4.78 is 38.3. The second kappa shape index (κ2) is 5.73. The molecule has 1 N–H and O–H groups in total. The number of anilines is 1. The number of rotatable bonds is 3. The van der Waals surface area contributed by atoms with Crippen molar-refractivity contribution in [2.45, 2.75) is 20.0 Å². The molecular formula is C12H11F3INO. The first-order valence-corrected chi connectivity index (χ1v) is 6.10. The minimum atomic E-state index is -4.38. The highest BCUT2D eigenvalue weighted by atomic mass is 127. The lowest BCUT2D eigenvalue weighted by molar-refractivity contribution is -0.137. The van der Waals surface area contributed by atoms with Crippen molar-refractivity contribution in [3.63, 3.8) is 0 Å². The molecule has 0 unspecified atom stereocenters.